The van der Waals surface area contributed by atoms with Crippen LogP contribution < -0.4 is 5.73 Å². The van der Waals surface area contributed by atoms with Crippen molar-refractivity contribution in [2.24, 2.45) is 5.73 Å². The highest BCUT2D eigenvalue weighted by molar-refractivity contribution is 6.18. The van der Waals surface area contributed by atoms with Crippen LogP contribution in [0.4, 0.5) is 0 Å². The van der Waals surface area contributed by atoms with Gasteiger partial charge < -0.3 is 5.73 Å². The van der Waals surface area contributed by atoms with E-state index in [9.17, 15) is 4.79 Å². The molecule has 1 aromatic heterocycles. The van der Waals surface area contributed by atoms with Crippen LogP contribution in [0.3, 0.4) is 0 Å². The zero-order valence-corrected chi connectivity index (χ0v) is 7.21. The standard InChI is InChI=1S/C8H9ClN2O/c9-3-1-6-2-4-11-7(5-6)8(10)12/h2,4-5H,1,3H2,(H2,10,12). The van der Waals surface area contributed by atoms with Gasteiger partial charge in [0.25, 0.3) is 5.91 Å². The van der Waals surface area contributed by atoms with Crippen molar-refractivity contribution in [3.63, 3.8) is 0 Å². The number of nitrogens with zero attached hydrogens (tertiary/aromatic N) is 1. The van der Waals surface area contributed by atoms with Gasteiger partial charge in [-0.3, -0.25) is 9.78 Å². The van der Waals surface area contributed by atoms with Gasteiger partial charge in [-0.25, -0.2) is 0 Å². The number of pyridine rings is 1. The molecule has 4 heteroatoms. The average molecular weight is 185 g/mol. The van der Waals surface area contributed by atoms with E-state index >= 15 is 0 Å². The lowest BCUT2D eigenvalue weighted by atomic mass is 10.2. The summed E-state index contributed by atoms with van der Waals surface area (Å²) in [4.78, 5) is 14.5. The van der Waals surface area contributed by atoms with E-state index in [2.05, 4.69) is 4.98 Å². The van der Waals surface area contributed by atoms with E-state index < -0.39 is 5.91 Å². The summed E-state index contributed by atoms with van der Waals surface area (Å²) in [6.07, 6.45) is 2.28. The molecule has 0 radical (unpaired) electrons. The van der Waals surface area contributed by atoms with Crippen molar-refractivity contribution in [3.05, 3.63) is 29.6 Å². The van der Waals surface area contributed by atoms with E-state index in [1.54, 1.807) is 12.3 Å². The third-order valence-corrected chi connectivity index (χ3v) is 1.65. The zero-order valence-electron chi connectivity index (χ0n) is 6.46. The summed E-state index contributed by atoms with van der Waals surface area (Å²) >= 11 is 5.53. The predicted octanol–water partition coefficient (Wildman–Crippen LogP) is 0.962. The first-order chi connectivity index (χ1) is 5.74. The van der Waals surface area contributed by atoms with Gasteiger partial charge in [0.15, 0.2) is 0 Å². The van der Waals surface area contributed by atoms with E-state index in [0.717, 1.165) is 12.0 Å². The van der Waals surface area contributed by atoms with Gasteiger partial charge in [0, 0.05) is 12.1 Å². The molecule has 0 aliphatic carbocycles. The molecule has 12 heavy (non-hydrogen) atoms. The third kappa shape index (κ3) is 2.20. The molecular formula is C8H9ClN2O. The lowest BCUT2D eigenvalue weighted by molar-refractivity contribution is 0.0995. The molecule has 0 aliphatic rings. The summed E-state index contributed by atoms with van der Waals surface area (Å²) in [6, 6.07) is 3.47. The normalized spacial score (nSPS) is 9.75. The summed E-state index contributed by atoms with van der Waals surface area (Å²) in [6.45, 7) is 0. The minimum Gasteiger partial charge on any atom is -0.364 e. The zero-order chi connectivity index (χ0) is 8.97. The van der Waals surface area contributed by atoms with Gasteiger partial charge in [0.05, 0.1) is 0 Å². The van der Waals surface area contributed by atoms with Crippen molar-refractivity contribution in [2.45, 2.75) is 6.42 Å². The Morgan fingerprint density at radius 1 is 1.67 bits per heavy atom. The summed E-state index contributed by atoms with van der Waals surface area (Å²) in [5, 5.41) is 0. The number of alkyl halides is 1. The van der Waals surface area contributed by atoms with Crippen LogP contribution >= 0.6 is 11.6 Å². The molecule has 0 aromatic carbocycles. The SMILES string of the molecule is NC(=O)c1cc(CCCl)ccn1. The van der Waals surface area contributed by atoms with Crippen LogP contribution in [0.1, 0.15) is 16.1 Å². The van der Waals surface area contributed by atoms with E-state index in [-0.39, 0.29) is 5.69 Å². The number of nitrogens with two attached hydrogens (primary N) is 1. The molecule has 0 aliphatic heterocycles. The molecule has 0 unspecified atom stereocenters. The Balaban J connectivity index is 2.88. The first-order valence-electron chi connectivity index (χ1n) is 3.54. The summed E-state index contributed by atoms with van der Waals surface area (Å²) < 4.78 is 0. The van der Waals surface area contributed by atoms with Gasteiger partial charge in [-0.15, -0.1) is 11.6 Å². The third-order valence-electron chi connectivity index (χ3n) is 1.46. The minimum atomic E-state index is -0.508. The number of aromatic nitrogens is 1. The largest absolute Gasteiger partial charge is 0.364 e. The maximum absolute atomic E-state index is 10.7. The number of amides is 1. The first kappa shape index (κ1) is 9.00. The summed E-state index contributed by atoms with van der Waals surface area (Å²) in [7, 11) is 0. The molecule has 1 rings (SSSR count). The average Bonchev–Trinajstić information content (AvgIpc) is 2.05. The summed E-state index contributed by atoms with van der Waals surface area (Å²) in [5.74, 6) is 0.0220. The molecular weight excluding hydrogens is 176 g/mol. The Kier molecular flexibility index (Phi) is 3.05. The number of carbonyl (C=O) groups excluding carboxylic acids is 1. The molecule has 64 valence electrons. The Morgan fingerprint density at radius 2 is 2.42 bits per heavy atom. The van der Waals surface area contributed by atoms with Crippen LogP contribution in [0.2, 0.25) is 0 Å². The highest BCUT2D eigenvalue weighted by atomic mass is 35.5. The maximum Gasteiger partial charge on any atom is 0.267 e. The highest BCUT2D eigenvalue weighted by Crippen LogP contribution is 2.02. The fourth-order valence-corrected chi connectivity index (χ4v) is 1.09. The predicted molar refractivity (Wildman–Crippen MR) is 47.2 cm³/mol. The first-order valence-corrected chi connectivity index (χ1v) is 4.08. The quantitative estimate of drug-likeness (QED) is 0.712. The molecule has 2 N–H and O–H groups in total. The van der Waals surface area contributed by atoms with Crippen LogP contribution in [-0.2, 0) is 6.42 Å². The molecule has 0 fully saturated rings. The van der Waals surface area contributed by atoms with Crippen molar-refractivity contribution in [3.8, 4) is 0 Å². The maximum atomic E-state index is 10.7. The highest BCUT2D eigenvalue weighted by Gasteiger charge is 2.01. The van der Waals surface area contributed by atoms with Gasteiger partial charge >= 0.3 is 0 Å². The van der Waals surface area contributed by atoms with Crippen molar-refractivity contribution < 1.29 is 4.79 Å². The topological polar surface area (TPSA) is 56.0 Å². The summed E-state index contributed by atoms with van der Waals surface area (Å²) in [5.41, 5.74) is 6.31. The number of rotatable bonds is 3. The minimum absolute atomic E-state index is 0.289. The molecule has 0 spiro atoms. The van der Waals surface area contributed by atoms with E-state index in [0.29, 0.717) is 5.88 Å². The molecule has 0 bridgehead atoms. The molecule has 0 atom stereocenters. The second-order valence-corrected chi connectivity index (χ2v) is 2.73. The molecule has 3 nitrogen and oxygen atoms in total. The number of carbonyl (C=O) groups is 1. The van der Waals surface area contributed by atoms with Gasteiger partial charge in [0.1, 0.15) is 5.69 Å². The fraction of sp³-hybridized carbons (Fsp3) is 0.250. The Morgan fingerprint density at radius 3 is 3.00 bits per heavy atom. The van der Waals surface area contributed by atoms with Crippen LogP contribution in [-0.4, -0.2) is 16.8 Å². The van der Waals surface area contributed by atoms with Crippen molar-refractivity contribution in [1.82, 2.24) is 4.98 Å². The van der Waals surface area contributed by atoms with E-state index in [1.165, 1.54) is 0 Å². The van der Waals surface area contributed by atoms with Crippen molar-refractivity contribution in [1.29, 1.82) is 0 Å². The van der Waals surface area contributed by atoms with Gasteiger partial charge in [-0.05, 0) is 24.1 Å². The van der Waals surface area contributed by atoms with Crippen molar-refractivity contribution >= 4 is 17.5 Å². The smallest absolute Gasteiger partial charge is 0.267 e. The van der Waals surface area contributed by atoms with Crippen LogP contribution in [0, 0.1) is 0 Å². The fourth-order valence-electron chi connectivity index (χ4n) is 0.874. The monoisotopic (exact) mass is 184 g/mol. The lowest BCUT2D eigenvalue weighted by Gasteiger charge is -1.98. The number of primary amides is 1. The molecule has 0 saturated carbocycles. The van der Waals surface area contributed by atoms with Crippen LogP contribution in [0.5, 0.6) is 0 Å². The Hall–Kier alpha value is -1.09. The second-order valence-electron chi connectivity index (χ2n) is 2.35. The van der Waals surface area contributed by atoms with E-state index in [1.807, 2.05) is 6.07 Å². The Bertz CT molecular complexity index is 288. The van der Waals surface area contributed by atoms with Crippen LogP contribution in [0.25, 0.3) is 0 Å². The second kappa shape index (κ2) is 4.07. The molecule has 0 saturated heterocycles. The van der Waals surface area contributed by atoms with Gasteiger partial charge in [-0.2, -0.15) is 0 Å². The molecule has 1 aromatic rings. The number of halogens is 1. The van der Waals surface area contributed by atoms with Crippen molar-refractivity contribution in [2.75, 3.05) is 5.88 Å². The molecule has 1 heterocycles. The van der Waals surface area contributed by atoms with Crippen LogP contribution in [0.15, 0.2) is 18.3 Å². The number of hydrogen-bond acceptors (Lipinski definition) is 2. The number of hydrogen-bond donors (Lipinski definition) is 1. The van der Waals surface area contributed by atoms with E-state index in [4.69, 9.17) is 17.3 Å². The Labute approximate surface area is 75.6 Å². The van der Waals surface area contributed by atoms with Gasteiger partial charge in [0.2, 0.25) is 0 Å². The number of aryl methyl sites for hydroxylation is 1. The van der Waals surface area contributed by atoms with Gasteiger partial charge in [-0.1, -0.05) is 0 Å². The lowest BCUT2D eigenvalue weighted by Crippen LogP contribution is -2.13. The molecule has 1 amide bonds.